The second-order valence-electron chi connectivity index (χ2n) is 3.01. The third-order valence-electron chi connectivity index (χ3n) is 2.00. The van der Waals surface area contributed by atoms with Crippen LogP contribution in [-0.4, -0.2) is 13.1 Å². The number of benzene rings is 1. The topological polar surface area (TPSA) is 52.3 Å². The summed E-state index contributed by atoms with van der Waals surface area (Å²) >= 11 is 0. The predicted octanol–water partition coefficient (Wildman–Crippen LogP) is 1.73. The maximum atomic E-state index is 12.9. The Morgan fingerprint density at radius 3 is 2.60 bits per heavy atom. The highest BCUT2D eigenvalue weighted by atomic mass is 35.5. The Morgan fingerprint density at radius 1 is 1.53 bits per heavy atom. The van der Waals surface area contributed by atoms with E-state index in [-0.39, 0.29) is 18.2 Å². The molecule has 0 amide bonds. The van der Waals surface area contributed by atoms with Crippen LogP contribution in [0.4, 0.5) is 4.39 Å². The summed E-state index contributed by atoms with van der Waals surface area (Å²) in [6, 6.07) is 3.45. The second-order valence-corrected chi connectivity index (χ2v) is 3.01. The number of halogens is 2. The van der Waals surface area contributed by atoms with Gasteiger partial charge in [0, 0.05) is 0 Å². The van der Waals surface area contributed by atoms with Gasteiger partial charge in [0.05, 0.1) is 7.11 Å². The van der Waals surface area contributed by atoms with E-state index in [0.29, 0.717) is 11.1 Å². The smallest absolute Gasteiger partial charge is 0.327 e. The second kappa shape index (κ2) is 5.68. The van der Waals surface area contributed by atoms with Gasteiger partial charge in [-0.25, -0.2) is 4.39 Å². The summed E-state index contributed by atoms with van der Waals surface area (Å²) in [6.45, 7) is 1.61. The van der Waals surface area contributed by atoms with E-state index in [4.69, 9.17) is 5.73 Å². The SMILES string of the molecule is COC(=O)[C@@H](N)c1ccc(F)c(C)c1.Cl. The lowest BCUT2D eigenvalue weighted by Gasteiger charge is -2.10. The molecule has 5 heteroatoms. The van der Waals surface area contributed by atoms with Gasteiger partial charge in [-0.2, -0.15) is 0 Å². The number of ether oxygens (including phenoxy) is 1. The maximum Gasteiger partial charge on any atom is 0.327 e. The van der Waals surface area contributed by atoms with Gasteiger partial charge in [-0.3, -0.25) is 4.79 Å². The number of hydrogen-bond donors (Lipinski definition) is 1. The standard InChI is InChI=1S/C10H12FNO2.ClH/c1-6-5-7(3-4-8(6)11)9(12)10(13)14-2;/h3-5,9H,12H2,1-2H3;1H/t9-;/m0./s1. The van der Waals surface area contributed by atoms with Gasteiger partial charge in [0.15, 0.2) is 0 Å². The number of esters is 1. The van der Waals surface area contributed by atoms with Crippen LogP contribution in [0.1, 0.15) is 17.2 Å². The average molecular weight is 234 g/mol. The first kappa shape index (κ1) is 13.9. The first-order valence-electron chi connectivity index (χ1n) is 4.15. The summed E-state index contributed by atoms with van der Waals surface area (Å²) in [7, 11) is 1.26. The van der Waals surface area contributed by atoms with Crippen molar-refractivity contribution in [1.29, 1.82) is 0 Å². The molecule has 0 saturated carbocycles. The molecule has 2 N–H and O–H groups in total. The molecule has 0 heterocycles. The van der Waals surface area contributed by atoms with Crippen LogP contribution in [0.3, 0.4) is 0 Å². The van der Waals surface area contributed by atoms with Gasteiger partial charge in [0.2, 0.25) is 0 Å². The predicted molar refractivity (Wildman–Crippen MR) is 57.3 cm³/mol. The Labute approximate surface area is 93.8 Å². The largest absolute Gasteiger partial charge is 0.468 e. The number of nitrogens with two attached hydrogens (primary N) is 1. The van der Waals surface area contributed by atoms with Gasteiger partial charge >= 0.3 is 5.97 Å². The molecular formula is C10H13ClFNO2. The molecular weight excluding hydrogens is 221 g/mol. The average Bonchev–Trinajstić information content (AvgIpc) is 2.20. The van der Waals surface area contributed by atoms with E-state index in [1.807, 2.05) is 0 Å². The zero-order valence-corrected chi connectivity index (χ0v) is 9.31. The van der Waals surface area contributed by atoms with Crippen molar-refractivity contribution in [2.45, 2.75) is 13.0 Å². The van der Waals surface area contributed by atoms with Crippen LogP contribution in [0.5, 0.6) is 0 Å². The highest BCUT2D eigenvalue weighted by molar-refractivity contribution is 5.85. The van der Waals surface area contributed by atoms with Crippen LogP contribution in [0.15, 0.2) is 18.2 Å². The van der Waals surface area contributed by atoms with E-state index in [0.717, 1.165) is 0 Å². The van der Waals surface area contributed by atoms with Crippen molar-refractivity contribution in [3.63, 3.8) is 0 Å². The number of methoxy groups -OCH3 is 1. The third kappa shape index (κ3) is 3.18. The van der Waals surface area contributed by atoms with Gasteiger partial charge in [-0.15, -0.1) is 12.4 Å². The monoisotopic (exact) mass is 233 g/mol. The molecule has 3 nitrogen and oxygen atoms in total. The zero-order valence-electron chi connectivity index (χ0n) is 8.49. The molecule has 1 aromatic rings. The lowest BCUT2D eigenvalue weighted by atomic mass is 10.1. The quantitative estimate of drug-likeness (QED) is 0.792. The van der Waals surface area contributed by atoms with E-state index in [9.17, 15) is 9.18 Å². The molecule has 0 aliphatic heterocycles. The Morgan fingerprint density at radius 2 is 2.13 bits per heavy atom. The number of carbonyl (C=O) groups is 1. The fraction of sp³-hybridized carbons (Fsp3) is 0.300. The minimum Gasteiger partial charge on any atom is -0.468 e. The number of carbonyl (C=O) groups excluding carboxylic acids is 1. The molecule has 0 radical (unpaired) electrons. The Hall–Kier alpha value is -1.13. The first-order valence-corrected chi connectivity index (χ1v) is 4.15. The van der Waals surface area contributed by atoms with E-state index in [1.165, 1.54) is 25.3 Å². The van der Waals surface area contributed by atoms with Crippen molar-refractivity contribution in [2.24, 2.45) is 5.73 Å². The lowest BCUT2D eigenvalue weighted by molar-refractivity contribution is -0.142. The van der Waals surface area contributed by atoms with Crippen molar-refractivity contribution in [1.82, 2.24) is 0 Å². The van der Waals surface area contributed by atoms with E-state index < -0.39 is 12.0 Å². The fourth-order valence-corrected chi connectivity index (χ4v) is 1.12. The van der Waals surface area contributed by atoms with Crippen molar-refractivity contribution in [3.8, 4) is 0 Å². The molecule has 0 fully saturated rings. The fourth-order valence-electron chi connectivity index (χ4n) is 1.12. The molecule has 0 bridgehead atoms. The molecule has 1 rings (SSSR count). The lowest BCUT2D eigenvalue weighted by Crippen LogP contribution is -2.22. The summed E-state index contributed by atoms with van der Waals surface area (Å²) in [6.07, 6.45) is 0. The number of aryl methyl sites for hydroxylation is 1. The van der Waals surface area contributed by atoms with Crippen LogP contribution in [0, 0.1) is 12.7 Å². The van der Waals surface area contributed by atoms with Crippen LogP contribution in [-0.2, 0) is 9.53 Å². The van der Waals surface area contributed by atoms with Crippen LogP contribution >= 0.6 is 12.4 Å². The summed E-state index contributed by atoms with van der Waals surface area (Å²) in [5.41, 5.74) is 6.58. The minimum atomic E-state index is -0.848. The van der Waals surface area contributed by atoms with Gasteiger partial charge in [-0.1, -0.05) is 12.1 Å². The van der Waals surface area contributed by atoms with Crippen molar-refractivity contribution < 1.29 is 13.9 Å². The minimum absolute atomic E-state index is 0. The molecule has 1 atom stereocenters. The number of rotatable bonds is 2. The van der Waals surface area contributed by atoms with Gasteiger partial charge in [0.25, 0.3) is 0 Å². The molecule has 0 aromatic heterocycles. The Balaban J connectivity index is 0.00000196. The summed E-state index contributed by atoms with van der Waals surface area (Å²) in [4.78, 5) is 11.1. The molecule has 84 valence electrons. The Kier molecular flexibility index (Phi) is 5.25. The van der Waals surface area contributed by atoms with Crippen LogP contribution in [0.25, 0.3) is 0 Å². The summed E-state index contributed by atoms with van der Waals surface area (Å²) in [5.74, 6) is -0.846. The molecule has 0 saturated heterocycles. The first-order chi connectivity index (χ1) is 6.56. The molecule has 1 aromatic carbocycles. The van der Waals surface area contributed by atoms with Crippen molar-refractivity contribution in [2.75, 3.05) is 7.11 Å². The van der Waals surface area contributed by atoms with Gasteiger partial charge in [-0.05, 0) is 24.1 Å². The van der Waals surface area contributed by atoms with E-state index in [1.54, 1.807) is 6.92 Å². The van der Waals surface area contributed by atoms with Crippen LogP contribution in [0.2, 0.25) is 0 Å². The number of hydrogen-bond acceptors (Lipinski definition) is 3. The molecule has 0 spiro atoms. The third-order valence-corrected chi connectivity index (χ3v) is 2.00. The van der Waals surface area contributed by atoms with Gasteiger partial charge in [0.1, 0.15) is 11.9 Å². The summed E-state index contributed by atoms with van der Waals surface area (Å²) in [5, 5.41) is 0. The van der Waals surface area contributed by atoms with E-state index in [2.05, 4.69) is 4.74 Å². The van der Waals surface area contributed by atoms with Crippen molar-refractivity contribution >= 4 is 18.4 Å². The van der Waals surface area contributed by atoms with Crippen molar-refractivity contribution in [3.05, 3.63) is 35.1 Å². The Bertz CT molecular complexity index is 357. The van der Waals surface area contributed by atoms with E-state index >= 15 is 0 Å². The highest BCUT2D eigenvalue weighted by Gasteiger charge is 2.16. The zero-order chi connectivity index (χ0) is 10.7. The molecule has 0 aliphatic rings. The summed E-state index contributed by atoms with van der Waals surface area (Å²) < 4.78 is 17.4. The van der Waals surface area contributed by atoms with Gasteiger partial charge < -0.3 is 10.5 Å². The van der Waals surface area contributed by atoms with Crippen LogP contribution < -0.4 is 5.73 Å². The molecule has 0 aliphatic carbocycles. The normalized spacial score (nSPS) is 11.5. The molecule has 15 heavy (non-hydrogen) atoms. The highest BCUT2D eigenvalue weighted by Crippen LogP contribution is 2.15. The maximum absolute atomic E-state index is 12.9. The molecule has 0 unspecified atom stereocenters.